The predicted octanol–water partition coefficient (Wildman–Crippen LogP) is 4.15. The van der Waals surface area contributed by atoms with Crippen LogP contribution in [0.15, 0.2) is 47.5 Å². The molecule has 1 aromatic heterocycles. The standard InChI is InChI=1S/C24H29N3O2S/c1-3-4-5-11-27-23(28)21(20-10-7-16-30-20)22(24(27)29)26-14-12-25(13-15-26)19-9-6-8-18(2)17-19/h6-10,16-17H,3-5,11-15H2,1-2H3. The smallest absolute Gasteiger partial charge is 0.277 e. The number of piperazine rings is 1. The number of carbonyl (C=O) groups excluding carboxylic acids is 2. The lowest BCUT2D eigenvalue weighted by Gasteiger charge is -2.37. The molecule has 2 aliphatic rings. The normalized spacial score (nSPS) is 17.5. The van der Waals surface area contributed by atoms with E-state index in [1.807, 2.05) is 17.5 Å². The summed E-state index contributed by atoms with van der Waals surface area (Å²) in [7, 11) is 0. The minimum Gasteiger partial charge on any atom is -0.368 e. The van der Waals surface area contributed by atoms with Crippen LogP contribution in [0.2, 0.25) is 0 Å². The largest absolute Gasteiger partial charge is 0.368 e. The predicted molar refractivity (Wildman–Crippen MR) is 122 cm³/mol. The fraction of sp³-hybridized carbons (Fsp3) is 0.417. The summed E-state index contributed by atoms with van der Waals surface area (Å²) in [5, 5.41) is 1.97. The van der Waals surface area contributed by atoms with E-state index in [0.717, 1.165) is 50.3 Å². The molecule has 3 heterocycles. The van der Waals surface area contributed by atoms with Gasteiger partial charge in [0, 0.05) is 43.3 Å². The average Bonchev–Trinajstić information content (AvgIpc) is 3.36. The second-order valence-electron chi connectivity index (χ2n) is 7.98. The zero-order valence-corrected chi connectivity index (χ0v) is 18.6. The van der Waals surface area contributed by atoms with Gasteiger partial charge in [-0.1, -0.05) is 38.0 Å². The van der Waals surface area contributed by atoms with Gasteiger partial charge in [-0.15, -0.1) is 11.3 Å². The van der Waals surface area contributed by atoms with E-state index in [1.165, 1.54) is 27.5 Å². The molecule has 1 saturated heterocycles. The highest BCUT2D eigenvalue weighted by molar-refractivity contribution is 7.11. The molecule has 0 atom stereocenters. The highest BCUT2D eigenvalue weighted by Crippen LogP contribution is 2.34. The van der Waals surface area contributed by atoms with Gasteiger partial charge < -0.3 is 9.80 Å². The summed E-state index contributed by atoms with van der Waals surface area (Å²) in [6.45, 7) is 7.88. The fourth-order valence-electron chi connectivity index (χ4n) is 4.24. The second-order valence-corrected chi connectivity index (χ2v) is 8.93. The number of nitrogens with zero attached hydrogens (tertiary/aromatic N) is 3. The first-order chi connectivity index (χ1) is 14.6. The maximum Gasteiger partial charge on any atom is 0.277 e. The summed E-state index contributed by atoms with van der Waals surface area (Å²) in [4.78, 5) is 33.3. The van der Waals surface area contributed by atoms with Crippen molar-refractivity contribution in [3.8, 4) is 0 Å². The molecule has 0 bridgehead atoms. The summed E-state index contributed by atoms with van der Waals surface area (Å²) in [5.41, 5.74) is 3.66. The Balaban J connectivity index is 1.56. The molecule has 0 radical (unpaired) electrons. The molecule has 1 fully saturated rings. The molecule has 0 saturated carbocycles. The van der Waals surface area contributed by atoms with Crippen LogP contribution < -0.4 is 4.90 Å². The van der Waals surface area contributed by atoms with E-state index in [9.17, 15) is 9.59 Å². The van der Waals surface area contributed by atoms with E-state index >= 15 is 0 Å². The highest BCUT2D eigenvalue weighted by Gasteiger charge is 2.42. The Hall–Kier alpha value is -2.60. The highest BCUT2D eigenvalue weighted by atomic mass is 32.1. The van der Waals surface area contributed by atoms with E-state index in [2.05, 4.69) is 47.9 Å². The van der Waals surface area contributed by atoms with Crippen molar-refractivity contribution in [3.63, 3.8) is 0 Å². The number of rotatable bonds is 7. The molecule has 0 spiro atoms. The monoisotopic (exact) mass is 423 g/mol. The Morgan fingerprint density at radius 2 is 1.70 bits per heavy atom. The van der Waals surface area contributed by atoms with Gasteiger partial charge in [-0.05, 0) is 42.5 Å². The van der Waals surface area contributed by atoms with E-state index in [0.29, 0.717) is 17.8 Å². The van der Waals surface area contributed by atoms with Crippen molar-refractivity contribution in [2.75, 3.05) is 37.6 Å². The Labute approximate surface area is 182 Å². The van der Waals surface area contributed by atoms with Gasteiger partial charge in [-0.3, -0.25) is 14.5 Å². The van der Waals surface area contributed by atoms with Crippen LogP contribution in [0.1, 0.15) is 36.6 Å². The van der Waals surface area contributed by atoms with Gasteiger partial charge in [-0.25, -0.2) is 0 Å². The number of thiophene rings is 1. The number of hydrogen-bond donors (Lipinski definition) is 0. The quantitative estimate of drug-likeness (QED) is 0.496. The van der Waals surface area contributed by atoms with Crippen molar-refractivity contribution in [3.05, 3.63) is 57.9 Å². The van der Waals surface area contributed by atoms with Gasteiger partial charge in [0.05, 0.1) is 5.57 Å². The zero-order valence-electron chi connectivity index (χ0n) is 17.8. The van der Waals surface area contributed by atoms with Gasteiger partial charge in [0.25, 0.3) is 11.8 Å². The first-order valence-corrected chi connectivity index (χ1v) is 11.7. The molecule has 158 valence electrons. The summed E-state index contributed by atoms with van der Waals surface area (Å²) < 4.78 is 0. The van der Waals surface area contributed by atoms with Crippen molar-refractivity contribution in [1.82, 2.24) is 9.80 Å². The molecule has 0 N–H and O–H groups in total. The number of hydrogen-bond acceptors (Lipinski definition) is 5. The van der Waals surface area contributed by atoms with Crippen LogP contribution in [0.25, 0.3) is 5.57 Å². The van der Waals surface area contributed by atoms with Crippen LogP contribution in [-0.4, -0.2) is 54.3 Å². The Kier molecular flexibility index (Phi) is 6.23. The van der Waals surface area contributed by atoms with Crippen LogP contribution in [-0.2, 0) is 9.59 Å². The molecule has 0 aliphatic carbocycles. The van der Waals surface area contributed by atoms with Gasteiger partial charge in [0.2, 0.25) is 0 Å². The second kappa shape index (κ2) is 9.04. The summed E-state index contributed by atoms with van der Waals surface area (Å²) in [5.74, 6) is -0.252. The molecule has 2 aromatic rings. The van der Waals surface area contributed by atoms with Crippen molar-refractivity contribution in [1.29, 1.82) is 0 Å². The molecule has 1 aromatic carbocycles. The Bertz CT molecular complexity index is 943. The number of anilines is 1. The van der Waals surface area contributed by atoms with Crippen LogP contribution in [0.5, 0.6) is 0 Å². The third kappa shape index (κ3) is 4.01. The first kappa shape index (κ1) is 20.7. The molecule has 2 aliphatic heterocycles. The average molecular weight is 424 g/mol. The van der Waals surface area contributed by atoms with Gasteiger partial charge >= 0.3 is 0 Å². The number of benzene rings is 1. The number of carbonyl (C=O) groups is 2. The van der Waals surface area contributed by atoms with Gasteiger partial charge in [0.1, 0.15) is 5.70 Å². The number of aryl methyl sites for hydroxylation is 1. The van der Waals surface area contributed by atoms with E-state index < -0.39 is 0 Å². The van der Waals surface area contributed by atoms with Gasteiger partial charge in [-0.2, -0.15) is 0 Å². The summed E-state index contributed by atoms with van der Waals surface area (Å²) in [6.07, 6.45) is 2.95. The van der Waals surface area contributed by atoms with E-state index in [1.54, 1.807) is 0 Å². The number of imide groups is 1. The first-order valence-electron chi connectivity index (χ1n) is 10.8. The van der Waals surface area contributed by atoms with Crippen molar-refractivity contribution >= 4 is 34.4 Å². The maximum absolute atomic E-state index is 13.3. The van der Waals surface area contributed by atoms with Crippen molar-refractivity contribution < 1.29 is 9.59 Å². The van der Waals surface area contributed by atoms with Crippen LogP contribution >= 0.6 is 11.3 Å². The molecule has 6 heteroatoms. The lowest BCUT2D eigenvalue weighted by atomic mass is 10.1. The lowest BCUT2D eigenvalue weighted by Crippen LogP contribution is -2.47. The van der Waals surface area contributed by atoms with Crippen LogP contribution in [0.3, 0.4) is 0 Å². The topological polar surface area (TPSA) is 43.9 Å². The van der Waals surface area contributed by atoms with Gasteiger partial charge in [0.15, 0.2) is 0 Å². The van der Waals surface area contributed by atoms with E-state index in [4.69, 9.17) is 0 Å². The molecule has 0 unspecified atom stereocenters. The SMILES string of the molecule is CCCCCN1C(=O)C(c2cccs2)=C(N2CCN(c3cccc(C)c3)CC2)C1=O. The molecule has 2 amide bonds. The lowest BCUT2D eigenvalue weighted by molar-refractivity contribution is -0.137. The zero-order chi connectivity index (χ0) is 21.1. The summed E-state index contributed by atoms with van der Waals surface area (Å²) in [6, 6.07) is 12.4. The maximum atomic E-state index is 13.3. The van der Waals surface area contributed by atoms with E-state index in [-0.39, 0.29) is 11.8 Å². The van der Waals surface area contributed by atoms with Crippen LogP contribution in [0.4, 0.5) is 5.69 Å². The minimum absolute atomic E-state index is 0.122. The molecule has 30 heavy (non-hydrogen) atoms. The Morgan fingerprint density at radius 3 is 2.37 bits per heavy atom. The van der Waals surface area contributed by atoms with Crippen LogP contribution in [0, 0.1) is 6.92 Å². The third-order valence-electron chi connectivity index (χ3n) is 5.86. The molecular formula is C24H29N3O2S. The molecular weight excluding hydrogens is 394 g/mol. The number of unbranched alkanes of at least 4 members (excludes halogenated alkanes) is 2. The molecule has 4 rings (SSSR count). The molecule has 5 nitrogen and oxygen atoms in total. The van der Waals surface area contributed by atoms with Crippen molar-refractivity contribution in [2.24, 2.45) is 0 Å². The fourth-order valence-corrected chi connectivity index (χ4v) is 5.00. The summed E-state index contributed by atoms with van der Waals surface area (Å²) >= 11 is 1.53. The number of amides is 2. The minimum atomic E-state index is -0.130. The Morgan fingerprint density at radius 1 is 0.933 bits per heavy atom. The third-order valence-corrected chi connectivity index (χ3v) is 6.75. The van der Waals surface area contributed by atoms with Crippen molar-refractivity contribution in [2.45, 2.75) is 33.1 Å².